The molecule has 0 spiro atoms. The Labute approximate surface area is 82.3 Å². The van der Waals surface area contributed by atoms with Crippen molar-refractivity contribution in [1.29, 1.82) is 0 Å². The molecule has 0 heterocycles. The Morgan fingerprint density at radius 1 is 1.57 bits per heavy atom. The normalized spacial score (nSPS) is 9.79. The standard InChI is InChI=1S/C10H13NO3/c1-7-6-8(11)2-3-9(7)14-5-4-10(12)13/h2-3,6H,4-5,11H2,1H3,(H,12,13). The monoisotopic (exact) mass is 195 g/mol. The van der Waals surface area contributed by atoms with E-state index in [4.69, 9.17) is 15.6 Å². The van der Waals surface area contributed by atoms with Gasteiger partial charge in [-0.3, -0.25) is 4.79 Å². The lowest BCUT2D eigenvalue weighted by Gasteiger charge is -2.07. The second-order valence-electron chi connectivity index (χ2n) is 3.02. The predicted molar refractivity (Wildman–Crippen MR) is 53.3 cm³/mol. The van der Waals surface area contributed by atoms with E-state index in [-0.39, 0.29) is 13.0 Å². The Bertz CT molecular complexity index is 336. The number of carboxylic acids is 1. The van der Waals surface area contributed by atoms with E-state index in [9.17, 15) is 4.79 Å². The van der Waals surface area contributed by atoms with Gasteiger partial charge >= 0.3 is 5.97 Å². The molecule has 0 aliphatic carbocycles. The zero-order valence-corrected chi connectivity index (χ0v) is 7.99. The van der Waals surface area contributed by atoms with Gasteiger partial charge in [0.15, 0.2) is 0 Å². The van der Waals surface area contributed by atoms with Crippen molar-refractivity contribution in [3.05, 3.63) is 23.8 Å². The number of rotatable bonds is 4. The lowest BCUT2D eigenvalue weighted by atomic mass is 10.2. The predicted octanol–water partition coefficient (Wildman–Crippen LogP) is 1.43. The fraction of sp³-hybridized carbons (Fsp3) is 0.300. The summed E-state index contributed by atoms with van der Waals surface area (Å²) in [6.45, 7) is 2.05. The molecule has 0 aliphatic rings. The van der Waals surface area contributed by atoms with Crippen molar-refractivity contribution in [3.8, 4) is 5.75 Å². The smallest absolute Gasteiger partial charge is 0.306 e. The number of hydrogen-bond donors (Lipinski definition) is 2. The van der Waals surface area contributed by atoms with Gasteiger partial charge in [-0.15, -0.1) is 0 Å². The maximum absolute atomic E-state index is 10.2. The number of nitrogens with two attached hydrogens (primary N) is 1. The van der Waals surface area contributed by atoms with Gasteiger partial charge in [0.05, 0.1) is 13.0 Å². The maximum Gasteiger partial charge on any atom is 0.306 e. The second-order valence-corrected chi connectivity index (χ2v) is 3.02. The SMILES string of the molecule is Cc1cc(N)ccc1OCCC(=O)O. The lowest BCUT2D eigenvalue weighted by Crippen LogP contribution is -2.05. The number of aryl methyl sites for hydroxylation is 1. The van der Waals surface area contributed by atoms with Crippen molar-refractivity contribution in [2.24, 2.45) is 0 Å². The first kappa shape index (κ1) is 10.4. The maximum atomic E-state index is 10.2. The topological polar surface area (TPSA) is 72.5 Å². The fourth-order valence-electron chi connectivity index (χ4n) is 1.08. The average molecular weight is 195 g/mol. The Kier molecular flexibility index (Phi) is 3.34. The van der Waals surface area contributed by atoms with E-state index in [1.165, 1.54) is 0 Å². The largest absolute Gasteiger partial charge is 0.493 e. The van der Waals surface area contributed by atoms with Crippen LogP contribution in [0.15, 0.2) is 18.2 Å². The minimum absolute atomic E-state index is 0.00379. The summed E-state index contributed by atoms with van der Waals surface area (Å²) in [5.74, 6) is -0.182. The summed E-state index contributed by atoms with van der Waals surface area (Å²) >= 11 is 0. The zero-order valence-electron chi connectivity index (χ0n) is 7.99. The van der Waals surface area contributed by atoms with E-state index in [1.54, 1.807) is 18.2 Å². The molecule has 76 valence electrons. The van der Waals surface area contributed by atoms with E-state index >= 15 is 0 Å². The molecule has 0 atom stereocenters. The summed E-state index contributed by atoms with van der Waals surface area (Å²) in [5, 5.41) is 8.40. The second kappa shape index (κ2) is 4.50. The summed E-state index contributed by atoms with van der Waals surface area (Å²) in [4.78, 5) is 10.2. The molecule has 0 amide bonds. The van der Waals surface area contributed by atoms with Crippen LogP contribution in [0.2, 0.25) is 0 Å². The van der Waals surface area contributed by atoms with Crippen molar-refractivity contribution < 1.29 is 14.6 Å². The Balaban J connectivity index is 2.55. The molecule has 1 aromatic rings. The molecule has 0 fully saturated rings. The molecular formula is C10H13NO3. The van der Waals surface area contributed by atoms with Crippen molar-refractivity contribution in [1.82, 2.24) is 0 Å². The number of ether oxygens (including phenoxy) is 1. The highest BCUT2D eigenvalue weighted by Gasteiger charge is 2.01. The van der Waals surface area contributed by atoms with Crippen molar-refractivity contribution in [2.75, 3.05) is 12.3 Å². The minimum Gasteiger partial charge on any atom is -0.493 e. The quantitative estimate of drug-likeness (QED) is 0.713. The van der Waals surface area contributed by atoms with E-state index in [0.29, 0.717) is 11.4 Å². The number of aliphatic carboxylic acids is 1. The first-order valence-electron chi connectivity index (χ1n) is 4.30. The Morgan fingerprint density at radius 2 is 2.29 bits per heavy atom. The summed E-state index contributed by atoms with van der Waals surface area (Å²) in [6.07, 6.45) is 0.00379. The molecule has 1 aromatic carbocycles. The average Bonchev–Trinajstić information content (AvgIpc) is 2.08. The Morgan fingerprint density at radius 3 is 2.86 bits per heavy atom. The highest BCUT2D eigenvalue weighted by molar-refractivity contribution is 5.66. The number of carbonyl (C=O) groups is 1. The third-order valence-electron chi connectivity index (χ3n) is 1.77. The summed E-state index contributed by atoms with van der Waals surface area (Å²) in [5.41, 5.74) is 7.14. The molecule has 0 bridgehead atoms. The van der Waals surface area contributed by atoms with Gasteiger partial charge in [0, 0.05) is 5.69 Å². The summed E-state index contributed by atoms with van der Waals surface area (Å²) in [6, 6.07) is 5.26. The van der Waals surface area contributed by atoms with Gasteiger partial charge in [-0.2, -0.15) is 0 Å². The number of benzene rings is 1. The fourth-order valence-corrected chi connectivity index (χ4v) is 1.08. The molecule has 0 radical (unpaired) electrons. The van der Waals surface area contributed by atoms with Crippen LogP contribution in [0.25, 0.3) is 0 Å². The van der Waals surface area contributed by atoms with E-state index in [0.717, 1.165) is 5.56 Å². The van der Waals surface area contributed by atoms with Gasteiger partial charge in [0.2, 0.25) is 0 Å². The number of anilines is 1. The van der Waals surface area contributed by atoms with Crippen LogP contribution in [-0.4, -0.2) is 17.7 Å². The van der Waals surface area contributed by atoms with Crippen molar-refractivity contribution >= 4 is 11.7 Å². The minimum atomic E-state index is -0.863. The first-order valence-corrected chi connectivity index (χ1v) is 4.30. The van der Waals surface area contributed by atoms with Crippen LogP contribution < -0.4 is 10.5 Å². The number of carboxylic acid groups (broad SMARTS) is 1. The molecule has 4 heteroatoms. The molecule has 0 saturated carbocycles. The van der Waals surface area contributed by atoms with Crippen molar-refractivity contribution in [2.45, 2.75) is 13.3 Å². The summed E-state index contributed by atoms with van der Waals surface area (Å²) < 4.78 is 5.27. The molecule has 3 N–H and O–H groups in total. The van der Waals surface area contributed by atoms with Crippen molar-refractivity contribution in [3.63, 3.8) is 0 Å². The van der Waals surface area contributed by atoms with Gasteiger partial charge in [-0.25, -0.2) is 0 Å². The Hall–Kier alpha value is -1.71. The molecular weight excluding hydrogens is 182 g/mol. The molecule has 0 aliphatic heterocycles. The van der Waals surface area contributed by atoms with Gasteiger partial charge in [-0.05, 0) is 30.7 Å². The van der Waals surface area contributed by atoms with E-state index in [2.05, 4.69) is 0 Å². The van der Waals surface area contributed by atoms with E-state index < -0.39 is 5.97 Å². The van der Waals surface area contributed by atoms with Gasteiger partial charge < -0.3 is 15.6 Å². The third-order valence-corrected chi connectivity index (χ3v) is 1.77. The zero-order chi connectivity index (χ0) is 10.6. The van der Waals surface area contributed by atoms with Gasteiger partial charge in [-0.1, -0.05) is 0 Å². The summed E-state index contributed by atoms with van der Waals surface area (Å²) in [7, 11) is 0. The van der Waals surface area contributed by atoms with Crippen LogP contribution in [0.1, 0.15) is 12.0 Å². The molecule has 4 nitrogen and oxygen atoms in total. The molecule has 14 heavy (non-hydrogen) atoms. The van der Waals surface area contributed by atoms with Crippen LogP contribution in [-0.2, 0) is 4.79 Å². The number of hydrogen-bond acceptors (Lipinski definition) is 3. The van der Waals surface area contributed by atoms with Crippen LogP contribution in [0.4, 0.5) is 5.69 Å². The number of nitrogen functional groups attached to an aromatic ring is 1. The molecule has 0 unspecified atom stereocenters. The van der Waals surface area contributed by atoms with E-state index in [1.807, 2.05) is 6.92 Å². The third kappa shape index (κ3) is 2.97. The van der Waals surface area contributed by atoms with Crippen LogP contribution in [0.3, 0.4) is 0 Å². The molecule has 0 aromatic heterocycles. The molecule has 1 rings (SSSR count). The van der Waals surface area contributed by atoms with Crippen LogP contribution in [0, 0.1) is 6.92 Å². The van der Waals surface area contributed by atoms with Gasteiger partial charge in [0.1, 0.15) is 5.75 Å². The van der Waals surface area contributed by atoms with Crippen LogP contribution in [0.5, 0.6) is 5.75 Å². The highest BCUT2D eigenvalue weighted by Crippen LogP contribution is 2.20. The molecule has 0 saturated heterocycles. The van der Waals surface area contributed by atoms with Crippen LogP contribution >= 0.6 is 0 Å². The lowest BCUT2D eigenvalue weighted by molar-refractivity contribution is -0.137. The first-order chi connectivity index (χ1) is 6.59. The highest BCUT2D eigenvalue weighted by atomic mass is 16.5. The van der Waals surface area contributed by atoms with Gasteiger partial charge in [0.25, 0.3) is 0 Å².